The van der Waals surface area contributed by atoms with Gasteiger partial charge in [0, 0.05) is 19.6 Å². The smallest absolute Gasteiger partial charge is 0.226 e. The van der Waals surface area contributed by atoms with E-state index in [1.165, 1.54) is 0 Å². The Labute approximate surface area is 103 Å². The lowest BCUT2D eigenvalue weighted by molar-refractivity contribution is -0.136. The molecule has 4 heteroatoms. The van der Waals surface area contributed by atoms with Crippen LogP contribution in [0.1, 0.15) is 39.0 Å². The normalized spacial score (nSPS) is 35.4. The van der Waals surface area contributed by atoms with Gasteiger partial charge < -0.3 is 15.3 Å². The molecule has 0 aromatic rings. The summed E-state index contributed by atoms with van der Waals surface area (Å²) in [6.07, 6.45) is 4.54. The van der Waals surface area contributed by atoms with Gasteiger partial charge in [-0.2, -0.15) is 0 Å². The predicted octanol–water partition coefficient (Wildman–Crippen LogP) is 0.749. The van der Waals surface area contributed by atoms with E-state index in [1.807, 2.05) is 11.8 Å². The van der Waals surface area contributed by atoms with Crippen molar-refractivity contribution in [2.24, 2.45) is 5.92 Å². The minimum absolute atomic E-state index is 0.159. The Morgan fingerprint density at radius 1 is 1.35 bits per heavy atom. The molecule has 2 aliphatic rings. The van der Waals surface area contributed by atoms with E-state index in [-0.39, 0.29) is 11.8 Å². The van der Waals surface area contributed by atoms with E-state index in [0.717, 1.165) is 45.3 Å². The second kappa shape index (κ2) is 5.36. The van der Waals surface area contributed by atoms with Crippen molar-refractivity contribution in [3.63, 3.8) is 0 Å². The minimum atomic E-state index is -0.583. The average molecular weight is 240 g/mol. The summed E-state index contributed by atoms with van der Waals surface area (Å²) in [6.45, 7) is 5.27. The fraction of sp³-hybridized carbons (Fsp3) is 0.923. The Kier molecular flexibility index (Phi) is 4.05. The number of hydrogen-bond donors (Lipinski definition) is 2. The van der Waals surface area contributed by atoms with Crippen molar-refractivity contribution in [2.75, 3.05) is 26.2 Å². The van der Waals surface area contributed by atoms with Crippen LogP contribution in [0, 0.1) is 5.92 Å². The van der Waals surface area contributed by atoms with Crippen LogP contribution >= 0.6 is 0 Å². The number of likely N-dealkylation sites (tertiary alicyclic amines) is 1. The number of nitrogens with one attached hydrogen (secondary N) is 1. The van der Waals surface area contributed by atoms with Gasteiger partial charge in [-0.3, -0.25) is 4.79 Å². The molecule has 2 saturated heterocycles. The zero-order valence-corrected chi connectivity index (χ0v) is 10.7. The van der Waals surface area contributed by atoms with Gasteiger partial charge in [-0.15, -0.1) is 0 Å². The van der Waals surface area contributed by atoms with Gasteiger partial charge in [0.2, 0.25) is 5.91 Å². The molecule has 0 bridgehead atoms. The van der Waals surface area contributed by atoms with Crippen LogP contribution in [-0.2, 0) is 4.79 Å². The molecule has 4 nitrogen and oxygen atoms in total. The summed E-state index contributed by atoms with van der Waals surface area (Å²) in [4.78, 5) is 14.3. The van der Waals surface area contributed by atoms with Gasteiger partial charge in [0.25, 0.3) is 0 Å². The number of carbonyl (C=O) groups is 1. The lowest BCUT2D eigenvalue weighted by Gasteiger charge is -2.29. The number of piperidine rings is 1. The third-order valence-corrected chi connectivity index (χ3v) is 4.02. The van der Waals surface area contributed by atoms with Crippen LogP contribution in [0.5, 0.6) is 0 Å². The monoisotopic (exact) mass is 240 g/mol. The molecule has 2 fully saturated rings. The molecule has 2 N–H and O–H groups in total. The second-order valence-corrected chi connectivity index (χ2v) is 5.72. The van der Waals surface area contributed by atoms with Crippen molar-refractivity contribution in [2.45, 2.75) is 44.6 Å². The third-order valence-electron chi connectivity index (χ3n) is 4.02. The van der Waals surface area contributed by atoms with E-state index in [1.54, 1.807) is 0 Å². The van der Waals surface area contributed by atoms with E-state index >= 15 is 0 Å². The molecular weight excluding hydrogens is 216 g/mol. The van der Waals surface area contributed by atoms with E-state index in [0.29, 0.717) is 13.0 Å². The summed E-state index contributed by atoms with van der Waals surface area (Å²) < 4.78 is 0. The fourth-order valence-electron chi connectivity index (χ4n) is 2.80. The van der Waals surface area contributed by atoms with Crippen LogP contribution in [-0.4, -0.2) is 47.7 Å². The molecule has 0 radical (unpaired) electrons. The standard InChI is InChI=1S/C13H24N2O2/c1-13(17)5-3-8-15(9-6-13)12(16)11-4-2-7-14-10-11/h11,14,17H,2-10H2,1H3/t11-,13?/m1/s1. The Morgan fingerprint density at radius 3 is 2.88 bits per heavy atom. The van der Waals surface area contributed by atoms with Gasteiger partial charge in [-0.25, -0.2) is 0 Å². The molecule has 2 heterocycles. The summed E-state index contributed by atoms with van der Waals surface area (Å²) in [5.74, 6) is 0.446. The van der Waals surface area contributed by atoms with E-state index in [2.05, 4.69) is 5.32 Å². The largest absolute Gasteiger partial charge is 0.390 e. The van der Waals surface area contributed by atoms with Crippen LogP contribution in [0.25, 0.3) is 0 Å². The first-order valence-electron chi connectivity index (χ1n) is 6.80. The molecule has 0 saturated carbocycles. The van der Waals surface area contributed by atoms with Crippen molar-refractivity contribution in [1.82, 2.24) is 10.2 Å². The van der Waals surface area contributed by atoms with Crippen LogP contribution in [0.4, 0.5) is 0 Å². The maximum absolute atomic E-state index is 12.3. The second-order valence-electron chi connectivity index (χ2n) is 5.72. The molecule has 0 spiro atoms. The first-order chi connectivity index (χ1) is 8.08. The minimum Gasteiger partial charge on any atom is -0.390 e. The molecule has 1 amide bonds. The molecular formula is C13H24N2O2. The van der Waals surface area contributed by atoms with Crippen LogP contribution < -0.4 is 5.32 Å². The van der Waals surface area contributed by atoms with Gasteiger partial charge in [-0.05, 0) is 45.6 Å². The lowest BCUT2D eigenvalue weighted by atomic mass is 9.97. The molecule has 98 valence electrons. The van der Waals surface area contributed by atoms with Crippen molar-refractivity contribution in [1.29, 1.82) is 0 Å². The first-order valence-corrected chi connectivity index (χ1v) is 6.80. The quantitative estimate of drug-likeness (QED) is 0.711. The van der Waals surface area contributed by atoms with Gasteiger partial charge >= 0.3 is 0 Å². The van der Waals surface area contributed by atoms with Crippen molar-refractivity contribution in [3.8, 4) is 0 Å². The van der Waals surface area contributed by atoms with Crippen molar-refractivity contribution < 1.29 is 9.90 Å². The Morgan fingerprint density at radius 2 is 2.18 bits per heavy atom. The zero-order valence-electron chi connectivity index (χ0n) is 10.7. The number of aliphatic hydroxyl groups is 1. The highest BCUT2D eigenvalue weighted by Crippen LogP contribution is 2.23. The SMILES string of the molecule is CC1(O)CCCN(C(=O)[C@@H]2CCCNC2)CC1. The predicted molar refractivity (Wildman–Crippen MR) is 66.6 cm³/mol. The summed E-state index contributed by atoms with van der Waals surface area (Å²) >= 11 is 0. The summed E-state index contributed by atoms with van der Waals surface area (Å²) in [7, 11) is 0. The lowest BCUT2D eigenvalue weighted by Crippen LogP contribution is -2.43. The van der Waals surface area contributed by atoms with Crippen LogP contribution in [0.3, 0.4) is 0 Å². The van der Waals surface area contributed by atoms with Crippen molar-refractivity contribution >= 4 is 5.91 Å². The van der Waals surface area contributed by atoms with Gasteiger partial charge in [0.15, 0.2) is 0 Å². The molecule has 2 aliphatic heterocycles. The fourth-order valence-corrected chi connectivity index (χ4v) is 2.80. The zero-order chi connectivity index (χ0) is 12.3. The summed E-state index contributed by atoms with van der Waals surface area (Å²) in [5.41, 5.74) is -0.583. The van der Waals surface area contributed by atoms with Crippen LogP contribution in [0.2, 0.25) is 0 Å². The number of carbonyl (C=O) groups excluding carboxylic acids is 1. The van der Waals surface area contributed by atoms with Crippen LogP contribution in [0.15, 0.2) is 0 Å². The number of rotatable bonds is 1. The Hall–Kier alpha value is -0.610. The maximum Gasteiger partial charge on any atom is 0.226 e. The first kappa shape index (κ1) is 12.8. The number of hydrogen-bond acceptors (Lipinski definition) is 3. The number of amides is 1. The highest BCUT2D eigenvalue weighted by atomic mass is 16.3. The topological polar surface area (TPSA) is 52.6 Å². The van der Waals surface area contributed by atoms with E-state index in [4.69, 9.17) is 0 Å². The van der Waals surface area contributed by atoms with Gasteiger partial charge in [0.1, 0.15) is 0 Å². The molecule has 0 aromatic carbocycles. The molecule has 2 rings (SSSR count). The summed E-state index contributed by atoms with van der Waals surface area (Å²) in [6, 6.07) is 0. The maximum atomic E-state index is 12.3. The van der Waals surface area contributed by atoms with E-state index < -0.39 is 5.60 Å². The molecule has 0 aliphatic carbocycles. The Bertz CT molecular complexity index is 273. The molecule has 0 aromatic heterocycles. The highest BCUT2D eigenvalue weighted by molar-refractivity contribution is 5.79. The third kappa shape index (κ3) is 3.42. The molecule has 1 unspecified atom stereocenters. The van der Waals surface area contributed by atoms with Gasteiger partial charge in [-0.1, -0.05) is 0 Å². The molecule has 2 atom stereocenters. The van der Waals surface area contributed by atoms with Crippen molar-refractivity contribution in [3.05, 3.63) is 0 Å². The summed E-state index contributed by atoms with van der Waals surface area (Å²) in [5, 5.41) is 13.3. The number of nitrogens with zero attached hydrogens (tertiary/aromatic N) is 1. The highest BCUT2D eigenvalue weighted by Gasteiger charge is 2.30. The van der Waals surface area contributed by atoms with Gasteiger partial charge in [0.05, 0.1) is 11.5 Å². The molecule has 17 heavy (non-hydrogen) atoms. The van der Waals surface area contributed by atoms with E-state index in [9.17, 15) is 9.90 Å². The average Bonchev–Trinajstić information content (AvgIpc) is 2.50. The Balaban J connectivity index is 1.90.